The lowest BCUT2D eigenvalue weighted by molar-refractivity contribution is 0.0526. The van der Waals surface area contributed by atoms with Crippen molar-refractivity contribution in [2.24, 2.45) is 0 Å². The number of hydrogen-bond donors (Lipinski definition) is 1. The third kappa shape index (κ3) is 5.25. The van der Waals surface area contributed by atoms with Gasteiger partial charge in [-0.25, -0.2) is 9.59 Å². The van der Waals surface area contributed by atoms with Crippen LogP contribution in [0.25, 0.3) is 0 Å². The lowest BCUT2D eigenvalue weighted by atomic mass is 10.1. The fourth-order valence-electron chi connectivity index (χ4n) is 3.26. The molecule has 2 aromatic carbocycles. The number of benzene rings is 2. The van der Waals surface area contributed by atoms with Crippen LogP contribution in [0.5, 0.6) is 0 Å². The van der Waals surface area contributed by atoms with E-state index in [2.05, 4.69) is 22.3 Å². The molecule has 0 aliphatic carbocycles. The highest BCUT2D eigenvalue weighted by atomic mass is 16.5. The smallest absolute Gasteiger partial charge is 0.338 e. The van der Waals surface area contributed by atoms with Gasteiger partial charge in [0, 0.05) is 38.4 Å². The molecule has 1 fully saturated rings. The summed E-state index contributed by atoms with van der Waals surface area (Å²) in [6, 6.07) is 17.6. The van der Waals surface area contributed by atoms with Gasteiger partial charge in [-0.3, -0.25) is 0 Å². The highest BCUT2D eigenvalue weighted by Gasteiger charge is 2.21. The van der Waals surface area contributed by atoms with E-state index in [1.807, 2.05) is 35.2 Å². The number of esters is 1. The molecule has 6 heteroatoms. The Morgan fingerprint density at radius 3 is 2.29 bits per heavy atom. The monoisotopic (exact) mass is 381 g/mol. The maximum Gasteiger partial charge on any atom is 0.338 e. The van der Waals surface area contributed by atoms with Gasteiger partial charge in [0.15, 0.2) is 0 Å². The van der Waals surface area contributed by atoms with E-state index in [0.29, 0.717) is 31.8 Å². The molecule has 3 rings (SSSR count). The average molecular weight is 381 g/mol. The first kappa shape index (κ1) is 19.7. The Morgan fingerprint density at radius 1 is 0.964 bits per heavy atom. The summed E-state index contributed by atoms with van der Waals surface area (Å²) in [4.78, 5) is 28.2. The molecule has 2 amide bonds. The van der Waals surface area contributed by atoms with Crippen LogP contribution in [0.4, 0.5) is 10.5 Å². The van der Waals surface area contributed by atoms with Gasteiger partial charge in [-0.05, 0) is 43.2 Å². The minimum absolute atomic E-state index is 0.00626. The van der Waals surface area contributed by atoms with Crippen LogP contribution in [0.2, 0.25) is 0 Å². The number of ether oxygens (including phenoxy) is 1. The number of urea groups is 1. The molecule has 0 unspecified atom stereocenters. The normalized spacial score (nSPS) is 13.9. The number of nitrogens with one attached hydrogen (secondary N) is 1. The van der Waals surface area contributed by atoms with Crippen molar-refractivity contribution < 1.29 is 14.3 Å². The van der Waals surface area contributed by atoms with E-state index in [4.69, 9.17) is 4.74 Å². The first-order chi connectivity index (χ1) is 13.7. The van der Waals surface area contributed by atoms with E-state index in [1.165, 1.54) is 5.56 Å². The summed E-state index contributed by atoms with van der Waals surface area (Å²) in [6.45, 7) is 5.70. The predicted molar refractivity (Wildman–Crippen MR) is 110 cm³/mol. The van der Waals surface area contributed by atoms with Crippen molar-refractivity contribution in [2.75, 3.05) is 44.2 Å². The zero-order chi connectivity index (χ0) is 19.8. The fraction of sp³-hybridized carbons (Fsp3) is 0.364. The number of nitrogens with zero attached hydrogens (tertiary/aromatic N) is 2. The Bertz CT molecular complexity index is 769. The zero-order valence-corrected chi connectivity index (χ0v) is 16.3. The van der Waals surface area contributed by atoms with Crippen molar-refractivity contribution in [3.8, 4) is 0 Å². The fourth-order valence-corrected chi connectivity index (χ4v) is 3.26. The lowest BCUT2D eigenvalue weighted by Crippen LogP contribution is -2.52. The van der Waals surface area contributed by atoms with Crippen LogP contribution >= 0.6 is 0 Å². The molecule has 1 aliphatic rings. The van der Waals surface area contributed by atoms with Gasteiger partial charge in [0.25, 0.3) is 0 Å². The van der Waals surface area contributed by atoms with E-state index >= 15 is 0 Å². The van der Waals surface area contributed by atoms with Crippen LogP contribution < -0.4 is 10.2 Å². The van der Waals surface area contributed by atoms with Crippen molar-refractivity contribution in [1.82, 2.24) is 10.2 Å². The maximum atomic E-state index is 12.4. The molecule has 1 aliphatic heterocycles. The van der Waals surface area contributed by atoms with Crippen molar-refractivity contribution in [2.45, 2.75) is 13.3 Å². The summed E-state index contributed by atoms with van der Waals surface area (Å²) in [5.41, 5.74) is 2.83. The number of anilines is 1. The number of amides is 2. The molecular formula is C22H27N3O3. The van der Waals surface area contributed by atoms with Crippen LogP contribution in [-0.2, 0) is 11.2 Å². The highest BCUT2D eigenvalue weighted by Crippen LogP contribution is 2.18. The van der Waals surface area contributed by atoms with Gasteiger partial charge in [0.2, 0.25) is 0 Å². The number of rotatable bonds is 6. The summed E-state index contributed by atoms with van der Waals surface area (Å²) < 4.78 is 5.01. The number of hydrogen-bond acceptors (Lipinski definition) is 4. The molecule has 148 valence electrons. The van der Waals surface area contributed by atoms with E-state index < -0.39 is 0 Å². The molecule has 1 N–H and O–H groups in total. The van der Waals surface area contributed by atoms with Crippen molar-refractivity contribution >= 4 is 17.7 Å². The van der Waals surface area contributed by atoms with Crippen molar-refractivity contribution in [1.29, 1.82) is 0 Å². The van der Waals surface area contributed by atoms with Gasteiger partial charge in [-0.2, -0.15) is 0 Å². The molecule has 1 saturated heterocycles. The standard InChI is InChI=1S/C22H27N3O3/c1-2-28-21(26)19-8-10-20(11-9-19)24-14-16-25(17-15-24)22(27)23-13-12-18-6-4-3-5-7-18/h3-11H,2,12-17H2,1H3,(H,23,27). The van der Waals surface area contributed by atoms with Crippen LogP contribution in [-0.4, -0.2) is 56.2 Å². The van der Waals surface area contributed by atoms with Gasteiger partial charge in [0.05, 0.1) is 12.2 Å². The SMILES string of the molecule is CCOC(=O)c1ccc(N2CCN(C(=O)NCCc3ccccc3)CC2)cc1. The van der Waals surface area contributed by atoms with Crippen molar-refractivity contribution in [3.63, 3.8) is 0 Å². The molecule has 1 heterocycles. The number of piperazine rings is 1. The van der Waals surface area contributed by atoms with Gasteiger partial charge < -0.3 is 19.9 Å². The molecule has 2 aromatic rings. The molecule has 0 radical (unpaired) electrons. The van der Waals surface area contributed by atoms with Crippen LogP contribution in [0.1, 0.15) is 22.8 Å². The van der Waals surface area contributed by atoms with Crippen LogP contribution in [0, 0.1) is 0 Å². The second kappa shape index (κ2) is 9.78. The van der Waals surface area contributed by atoms with Crippen LogP contribution in [0.15, 0.2) is 54.6 Å². The van der Waals surface area contributed by atoms with E-state index in [1.54, 1.807) is 19.1 Å². The zero-order valence-electron chi connectivity index (χ0n) is 16.3. The minimum atomic E-state index is -0.300. The van der Waals surface area contributed by atoms with Crippen LogP contribution in [0.3, 0.4) is 0 Å². The lowest BCUT2D eigenvalue weighted by Gasteiger charge is -2.36. The van der Waals surface area contributed by atoms with Gasteiger partial charge in [0.1, 0.15) is 0 Å². The second-order valence-corrected chi connectivity index (χ2v) is 6.71. The average Bonchev–Trinajstić information content (AvgIpc) is 2.75. The third-order valence-electron chi connectivity index (χ3n) is 4.84. The summed E-state index contributed by atoms with van der Waals surface area (Å²) in [5.74, 6) is -0.300. The number of carbonyl (C=O) groups excluding carboxylic acids is 2. The second-order valence-electron chi connectivity index (χ2n) is 6.71. The highest BCUT2D eigenvalue weighted by molar-refractivity contribution is 5.89. The predicted octanol–water partition coefficient (Wildman–Crippen LogP) is 2.94. The largest absolute Gasteiger partial charge is 0.462 e. The van der Waals surface area contributed by atoms with E-state index in [0.717, 1.165) is 25.2 Å². The minimum Gasteiger partial charge on any atom is -0.462 e. The third-order valence-corrected chi connectivity index (χ3v) is 4.84. The van der Waals surface area contributed by atoms with Gasteiger partial charge in [-0.1, -0.05) is 30.3 Å². The molecule has 0 saturated carbocycles. The number of carbonyl (C=O) groups is 2. The van der Waals surface area contributed by atoms with Gasteiger partial charge >= 0.3 is 12.0 Å². The quantitative estimate of drug-likeness (QED) is 0.782. The Morgan fingerprint density at radius 2 is 1.64 bits per heavy atom. The molecule has 6 nitrogen and oxygen atoms in total. The van der Waals surface area contributed by atoms with E-state index in [-0.39, 0.29) is 12.0 Å². The summed E-state index contributed by atoms with van der Waals surface area (Å²) in [7, 11) is 0. The molecule has 0 bridgehead atoms. The first-order valence-corrected chi connectivity index (χ1v) is 9.76. The molecule has 28 heavy (non-hydrogen) atoms. The Hall–Kier alpha value is -3.02. The Kier molecular flexibility index (Phi) is 6.89. The molecule has 0 atom stereocenters. The van der Waals surface area contributed by atoms with E-state index in [9.17, 15) is 9.59 Å². The first-order valence-electron chi connectivity index (χ1n) is 9.76. The van der Waals surface area contributed by atoms with Gasteiger partial charge in [-0.15, -0.1) is 0 Å². The topological polar surface area (TPSA) is 61.9 Å². The Balaban J connectivity index is 1.43. The summed E-state index contributed by atoms with van der Waals surface area (Å²) >= 11 is 0. The summed E-state index contributed by atoms with van der Waals surface area (Å²) in [5, 5.41) is 3.00. The summed E-state index contributed by atoms with van der Waals surface area (Å²) in [6.07, 6.45) is 0.833. The molecule has 0 aromatic heterocycles. The maximum absolute atomic E-state index is 12.4. The molecule has 0 spiro atoms. The van der Waals surface area contributed by atoms with Crippen molar-refractivity contribution in [3.05, 3.63) is 65.7 Å². The Labute approximate surface area is 166 Å². The molecular weight excluding hydrogens is 354 g/mol.